The van der Waals surface area contributed by atoms with Gasteiger partial charge in [-0.2, -0.15) is 4.98 Å². The predicted molar refractivity (Wildman–Crippen MR) is 60.1 cm³/mol. The summed E-state index contributed by atoms with van der Waals surface area (Å²) in [4.78, 5) is 4.20. The quantitative estimate of drug-likeness (QED) is 0.769. The van der Waals surface area contributed by atoms with Crippen LogP contribution in [0.3, 0.4) is 0 Å². The third-order valence-electron chi connectivity index (χ3n) is 2.42. The Balaban J connectivity index is 1.97. The van der Waals surface area contributed by atoms with Crippen molar-refractivity contribution in [1.29, 1.82) is 0 Å². The minimum Gasteiger partial charge on any atom is -0.454 e. The van der Waals surface area contributed by atoms with Gasteiger partial charge in [0.1, 0.15) is 0 Å². The van der Waals surface area contributed by atoms with E-state index in [-0.39, 0.29) is 12.2 Å². The molecule has 1 unspecified atom stereocenters. The van der Waals surface area contributed by atoms with Gasteiger partial charge in [0.05, 0.1) is 5.38 Å². The molecule has 1 aromatic carbocycles. The zero-order valence-electron chi connectivity index (χ0n) is 9.01. The van der Waals surface area contributed by atoms with E-state index in [9.17, 15) is 0 Å². The molecule has 0 fully saturated rings. The van der Waals surface area contributed by atoms with E-state index in [0.29, 0.717) is 17.5 Å². The van der Waals surface area contributed by atoms with Gasteiger partial charge in [-0.15, -0.1) is 11.6 Å². The molecule has 0 saturated carbocycles. The molecule has 1 aliphatic rings. The van der Waals surface area contributed by atoms with Crippen LogP contribution in [-0.4, -0.2) is 16.9 Å². The van der Waals surface area contributed by atoms with Gasteiger partial charge in [0, 0.05) is 5.56 Å². The first kappa shape index (κ1) is 10.4. The summed E-state index contributed by atoms with van der Waals surface area (Å²) in [7, 11) is 0. The zero-order chi connectivity index (χ0) is 11.8. The molecule has 2 heterocycles. The molecule has 0 spiro atoms. The van der Waals surface area contributed by atoms with Crippen molar-refractivity contribution in [3.63, 3.8) is 0 Å². The third kappa shape index (κ3) is 1.82. The Hall–Kier alpha value is -1.75. The van der Waals surface area contributed by atoms with Crippen LogP contribution >= 0.6 is 11.6 Å². The molecule has 1 atom stereocenters. The topological polar surface area (TPSA) is 57.4 Å². The van der Waals surface area contributed by atoms with Crippen LogP contribution in [0.5, 0.6) is 11.5 Å². The lowest BCUT2D eigenvalue weighted by atomic mass is 10.2. The van der Waals surface area contributed by atoms with Crippen LogP contribution in [-0.2, 0) is 0 Å². The molecule has 3 rings (SSSR count). The lowest BCUT2D eigenvalue weighted by Crippen LogP contribution is -1.92. The van der Waals surface area contributed by atoms with E-state index >= 15 is 0 Å². The fraction of sp³-hybridized carbons (Fsp3) is 0.273. The number of hydrogen-bond donors (Lipinski definition) is 0. The van der Waals surface area contributed by atoms with Crippen LogP contribution in [0, 0.1) is 0 Å². The van der Waals surface area contributed by atoms with Crippen LogP contribution in [0.4, 0.5) is 0 Å². The second kappa shape index (κ2) is 3.92. The SMILES string of the molecule is CC(Cl)c1noc(-c2ccc3c(c2)OCO3)n1. The Bertz CT molecular complexity index is 553. The number of ether oxygens (including phenoxy) is 2. The molecule has 0 aliphatic carbocycles. The Morgan fingerprint density at radius 2 is 2.12 bits per heavy atom. The van der Waals surface area contributed by atoms with Crippen molar-refractivity contribution in [3.8, 4) is 23.0 Å². The number of hydrogen-bond acceptors (Lipinski definition) is 5. The van der Waals surface area contributed by atoms with E-state index in [1.807, 2.05) is 12.1 Å². The van der Waals surface area contributed by atoms with Crippen molar-refractivity contribution >= 4 is 11.6 Å². The Morgan fingerprint density at radius 1 is 1.29 bits per heavy atom. The molecule has 0 N–H and O–H groups in total. The van der Waals surface area contributed by atoms with Gasteiger partial charge in [0.2, 0.25) is 6.79 Å². The molecule has 2 aromatic rings. The van der Waals surface area contributed by atoms with Gasteiger partial charge in [-0.3, -0.25) is 0 Å². The van der Waals surface area contributed by atoms with Crippen molar-refractivity contribution < 1.29 is 14.0 Å². The summed E-state index contributed by atoms with van der Waals surface area (Å²) >= 11 is 5.87. The molecular weight excluding hydrogens is 244 g/mol. The van der Waals surface area contributed by atoms with Gasteiger partial charge in [0.25, 0.3) is 5.89 Å². The van der Waals surface area contributed by atoms with Gasteiger partial charge in [-0.25, -0.2) is 0 Å². The number of benzene rings is 1. The van der Waals surface area contributed by atoms with Crippen molar-refractivity contribution in [3.05, 3.63) is 24.0 Å². The monoisotopic (exact) mass is 252 g/mol. The van der Waals surface area contributed by atoms with E-state index in [1.54, 1.807) is 13.0 Å². The minimum absolute atomic E-state index is 0.243. The van der Waals surface area contributed by atoms with E-state index in [2.05, 4.69) is 10.1 Å². The summed E-state index contributed by atoms with van der Waals surface area (Å²) in [6.45, 7) is 2.03. The maximum Gasteiger partial charge on any atom is 0.258 e. The lowest BCUT2D eigenvalue weighted by molar-refractivity contribution is 0.174. The molecule has 1 aliphatic heterocycles. The predicted octanol–water partition coefficient (Wildman–Crippen LogP) is 2.77. The second-order valence-corrected chi connectivity index (χ2v) is 4.30. The van der Waals surface area contributed by atoms with Gasteiger partial charge in [-0.1, -0.05) is 5.16 Å². The molecule has 1 aromatic heterocycles. The molecule has 0 amide bonds. The van der Waals surface area contributed by atoms with Crippen LogP contribution in [0.15, 0.2) is 22.7 Å². The number of nitrogens with zero attached hydrogens (tertiary/aromatic N) is 2. The summed E-state index contributed by atoms with van der Waals surface area (Å²) in [6.07, 6.45) is 0. The molecule has 88 valence electrons. The molecule has 5 nitrogen and oxygen atoms in total. The maximum atomic E-state index is 5.87. The molecule has 0 saturated heterocycles. The zero-order valence-corrected chi connectivity index (χ0v) is 9.77. The van der Waals surface area contributed by atoms with E-state index in [1.165, 1.54) is 0 Å². The number of aromatic nitrogens is 2. The Morgan fingerprint density at radius 3 is 2.88 bits per heavy atom. The third-order valence-corrected chi connectivity index (χ3v) is 2.61. The highest BCUT2D eigenvalue weighted by Crippen LogP contribution is 2.35. The molecular formula is C11H9ClN2O3. The fourth-order valence-corrected chi connectivity index (χ4v) is 1.63. The number of alkyl halides is 1. The number of fused-ring (bicyclic) bond motifs is 1. The summed E-state index contributed by atoms with van der Waals surface area (Å²) in [5.41, 5.74) is 0.783. The summed E-state index contributed by atoms with van der Waals surface area (Å²) in [6, 6.07) is 5.45. The molecule has 17 heavy (non-hydrogen) atoms. The smallest absolute Gasteiger partial charge is 0.258 e. The van der Waals surface area contributed by atoms with Crippen LogP contribution in [0.2, 0.25) is 0 Å². The lowest BCUT2D eigenvalue weighted by Gasteiger charge is -1.97. The standard InChI is InChI=1S/C11H9ClN2O3/c1-6(12)10-13-11(17-14-10)7-2-3-8-9(4-7)16-5-15-8/h2-4,6H,5H2,1H3. The average Bonchev–Trinajstić information content (AvgIpc) is 2.97. The molecule has 6 heteroatoms. The normalized spacial score (nSPS) is 14.9. The van der Waals surface area contributed by atoms with Crippen molar-refractivity contribution in [2.75, 3.05) is 6.79 Å². The van der Waals surface area contributed by atoms with Crippen LogP contribution < -0.4 is 9.47 Å². The maximum absolute atomic E-state index is 5.87. The van der Waals surface area contributed by atoms with Crippen molar-refractivity contribution in [2.24, 2.45) is 0 Å². The highest BCUT2D eigenvalue weighted by Gasteiger charge is 2.17. The second-order valence-electron chi connectivity index (χ2n) is 3.64. The van der Waals surface area contributed by atoms with E-state index in [4.69, 9.17) is 25.6 Å². The fourth-order valence-electron chi connectivity index (χ4n) is 1.54. The minimum atomic E-state index is -0.276. The first-order valence-electron chi connectivity index (χ1n) is 5.12. The van der Waals surface area contributed by atoms with Crippen LogP contribution in [0.1, 0.15) is 18.1 Å². The Labute approximate surface area is 102 Å². The first-order valence-corrected chi connectivity index (χ1v) is 5.55. The average molecular weight is 253 g/mol. The number of rotatable bonds is 2. The Kier molecular flexibility index (Phi) is 2.40. The van der Waals surface area contributed by atoms with Crippen molar-refractivity contribution in [2.45, 2.75) is 12.3 Å². The number of halogens is 1. The largest absolute Gasteiger partial charge is 0.454 e. The van der Waals surface area contributed by atoms with Gasteiger partial charge in [0.15, 0.2) is 17.3 Å². The summed E-state index contributed by atoms with van der Waals surface area (Å²) in [5.74, 6) is 2.30. The molecule has 0 radical (unpaired) electrons. The summed E-state index contributed by atoms with van der Waals surface area (Å²) in [5, 5.41) is 3.52. The molecule has 0 bridgehead atoms. The highest BCUT2D eigenvalue weighted by molar-refractivity contribution is 6.20. The van der Waals surface area contributed by atoms with Crippen molar-refractivity contribution in [1.82, 2.24) is 10.1 Å². The van der Waals surface area contributed by atoms with Gasteiger partial charge < -0.3 is 14.0 Å². The van der Waals surface area contributed by atoms with Crippen LogP contribution in [0.25, 0.3) is 11.5 Å². The van der Waals surface area contributed by atoms with E-state index in [0.717, 1.165) is 11.3 Å². The van der Waals surface area contributed by atoms with E-state index < -0.39 is 0 Å². The first-order chi connectivity index (χ1) is 8.24. The van der Waals surface area contributed by atoms with Gasteiger partial charge in [-0.05, 0) is 25.1 Å². The van der Waals surface area contributed by atoms with Gasteiger partial charge >= 0.3 is 0 Å². The summed E-state index contributed by atoms with van der Waals surface area (Å²) < 4.78 is 15.6. The highest BCUT2D eigenvalue weighted by atomic mass is 35.5.